The summed E-state index contributed by atoms with van der Waals surface area (Å²) in [4.78, 5) is 14.8. The molecule has 3 rings (SSSR count). The van der Waals surface area contributed by atoms with Crippen LogP contribution in [0.4, 0.5) is 11.4 Å². The summed E-state index contributed by atoms with van der Waals surface area (Å²) in [6, 6.07) is 12.4. The van der Waals surface area contributed by atoms with Crippen LogP contribution in [0.5, 0.6) is 0 Å². The molecule has 0 radical (unpaired) electrons. The number of anilines is 2. The summed E-state index contributed by atoms with van der Waals surface area (Å²) in [6.07, 6.45) is 1.93. The summed E-state index contributed by atoms with van der Waals surface area (Å²) >= 11 is 0. The molecule has 0 saturated carbocycles. The topological polar surface area (TPSA) is 57.7 Å². The maximum absolute atomic E-state index is 13.1. The van der Waals surface area contributed by atoms with E-state index in [0.717, 1.165) is 35.1 Å². The number of hydrogen-bond acceptors (Lipinski definition) is 3. The van der Waals surface area contributed by atoms with E-state index in [1.165, 1.54) is 4.31 Å². The number of fused-ring (bicyclic) bond motifs is 1. The van der Waals surface area contributed by atoms with Crippen LogP contribution in [0.1, 0.15) is 23.6 Å². The van der Waals surface area contributed by atoms with Crippen LogP contribution in [0, 0.1) is 13.8 Å². The number of nitrogens with zero attached hydrogens (tertiary/aromatic N) is 2. The average molecular weight is 372 g/mol. The Morgan fingerprint density at radius 3 is 2.46 bits per heavy atom. The first-order chi connectivity index (χ1) is 12.2. The van der Waals surface area contributed by atoms with Gasteiger partial charge in [-0.1, -0.05) is 24.3 Å². The number of rotatable bonds is 4. The first kappa shape index (κ1) is 18.5. The molecule has 1 aliphatic heterocycles. The van der Waals surface area contributed by atoms with Gasteiger partial charge < -0.3 is 4.90 Å². The van der Waals surface area contributed by atoms with E-state index in [-0.39, 0.29) is 5.91 Å². The van der Waals surface area contributed by atoms with Crippen molar-refractivity contribution in [3.05, 3.63) is 59.2 Å². The minimum atomic E-state index is -3.61. The standard InChI is InChI=1S/C20H24N2O3S/c1-14-9-10-18(13-15(14)2)22(26(4,24)25)16(3)20(23)21-12-11-17-7-5-6-8-19(17)21/h5-10,13,16H,11-12H2,1-4H3/t16-/m0/s1. The molecule has 0 aliphatic carbocycles. The molecule has 1 amide bonds. The zero-order valence-electron chi connectivity index (χ0n) is 15.6. The minimum absolute atomic E-state index is 0.210. The van der Waals surface area contributed by atoms with E-state index in [0.29, 0.717) is 12.2 Å². The zero-order chi connectivity index (χ0) is 19.1. The highest BCUT2D eigenvalue weighted by molar-refractivity contribution is 7.92. The van der Waals surface area contributed by atoms with Crippen molar-refractivity contribution in [2.45, 2.75) is 33.2 Å². The molecule has 26 heavy (non-hydrogen) atoms. The van der Waals surface area contributed by atoms with Crippen molar-refractivity contribution in [1.29, 1.82) is 0 Å². The summed E-state index contributed by atoms with van der Waals surface area (Å²) in [7, 11) is -3.61. The van der Waals surface area contributed by atoms with E-state index in [4.69, 9.17) is 0 Å². The predicted octanol–water partition coefficient (Wildman–Crippen LogP) is 3.05. The number of hydrogen-bond donors (Lipinski definition) is 0. The van der Waals surface area contributed by atoms with Crippen LogP contribution < -0.4 is 9.21 Å². The Bertz CT molecular complexity index is 953. The van der Waals surface area contributed by atoms with Crippen LogP contribution in [0.15, 0.2) is 42.5 Å². The second kappa shape index (κ2) is 6.76. The Balaban J connectivity index is 1.97. The SMILES string of the molecule is Cc1ccc(N([C@@H](C)C(=O)N2CCc3ccccc32)S(C)(=O)=O)cc1C. The fraction of sp³-hybridized carbons (Fsp3) is 0.350. The van der Waals surface area contributed by atoms with Crippen molar-refractivity contribution >= 4 is 27.3 Å². The van der Waals surface area contributed by atoms with Gasteiger partial charge in [0, 0.05) is 12.2 Å². The molecule has 6 heteroatoms. The van der Waals surface area contributed by atoms with Gasteiger partial charge in [-0.05, 0) is 62.1 Å². The monoisotopic (exact) mass is 372 g/mol. The van der Waals surface area contributed by atoms with Gasteiger partial charge in [0.25, 0.3) is 5.91 Å². The van der Waals surface area contributed by atoms with Gasteiger partial charge in [0.1, 0.15) is 6.04 Å². The summed E-state index contributed by atoms with van der Waals surface area (Å²) in [5, 5.41) is 0. The molecule has 0 aromatic heterocycles. The van der Waals surface area contributed by atoms with Crippen LogP contribution >= 0.6 is 0 Å². The molecule has 0 saturated heterocycles. The number of benzene rings is 2. The van der Waals surface area contributed by atoms with Crippen molar-refractivity contribution in [3.8, 4) is 0 Å². The maximum atomic E-state index is 13.1. The van der Waals surface area contributed by atoms with Crippen molar-refractivity contribution < 1.29 is 13.2 Å². The van der Waals surface area contributed by atoms with Gasteiger partial charge in [0.15, 0.2) is 0 Å². The number of carbonyl (C=O) groups is 1. The first-order valence-corrected chi connectivity index (χ1v) is 10.5. The lowest BCUT2D eigenvalue weighted by Crippen LogP contribution is -2.49. The number of sulfonamides is 1. The molecule has 0 N–H and O–H groups in total. The van der Waals surface area contributed by atoms with Crippen LogP contribution in [0.25, 0.3) is 0 Å². The van der Waals surface area contributed by atoms with Crippen molar-refractivity contribution in [2.75, 3.05) is 22.0 Å². The highest BCUT2D eigenvalue weighted by Crippen LogP contribution is 2.30. The lowest BCUT2D eigenvalue weighted by molar-refractivity contribution is -0.119. The van der Waals surface area contributed by atoms with Gasteiger partial charge in [-0.2, -0.15) is 0 Å². The number of para-hydroxylation sites is 1. The van der Waals surface area contributed by atoms with Gasteiger partial charge in [0.2, 0.25) is 10.0 Å². The van der Waals surface area contributed by atoms with E-state index in [9.17, 15) is 13.2 Å². The van der Waals surface area contributed by atoms with Gasteiger partial charge in [-0.15, -0.1) is 0 Å². The fourth-order valence-electron chi connectivity index (χ4n) is 3.46. The van der Waals surface area contributed by atoms with Crippen molar-refractivity contribution in [2.24, 2.45) is 0 Å². The second-order valence-corrected chi connectivity index (χ2v) is 8.73. The fourth-order valence-corrected chi connectivity index (χ4v) is 4.62. The molecule has 2 aromatic rings. The summed E-state index contributed by atoms with van der Waals surface area (Å²) < 4.78 is 26.2. The lowest BCUT2D eigenvalue weighted by atomic mass is 10.1. The zero-order valence-corrected chi connectivity index (χ0v) is 16.4. The van der Waals surface area contributed by atoms with E-state index < -0.39 is 16.1 Å². The maximum Gasteiger partial charge on any atom is 0.250 e. The Kier molecular flexibility index (Phi) is 4.80. The molecular weight excluding hydrogens is 348 g/mol. The average Bonchev–Trinajstić information content (AvgIpc) is 3.00. The van der Waals surface area contributed by atoms with Crippen LogP contribution in [0.3, 0.4) is 0 Å². The molecule has 0 spiro atoms. The van der Waals surface area contributed by atoms with Gasteiger partial charge in [-0.3, -0.25) is 9.10 Å². The predicted molar refractivity (Wildman–Crippen MR) is 105 cm³/mol. The van der Waals surface area contributed by atoms with E-state index in [1.54, 1.807) is 17.9 Å². The molecule has 1 atom stereocenters. The van der Waals surface area contributed by atoms with E-state index in [2.05, 4.69) is 0 Å². The lowest BCUT2D eigenvalue weighted by Gasteiger charge is -2.31. The minimum Gasteiger partial charge on any atom is -0.310 e. The van der Waals surface area contributed by atoms with Gasteiger partial charge in [-0.25, -0.2) is 8.42 Å². The van der Waals surface area contributed by atoms with Gasteiger partial charge >= 0.3 is 0 Å². The van der Waals surface area contributed by atoms with Gasteiger partial charge in [0.05, 0.1) is 11.9 Å². The smallest absolute Gasteiger partial charge is 0.250 e. The molecule has 138 valence electrons. The summed E-state index contributed by atoms with van der Waals surface area (Å²) in [5.41, 5.74) is 4.57. The third-order valence-electron chi connectivity index (χ3n) is 4.96. The molecule has 1 heterocycles. The molecule has 1 aliphatic rings. The number of carbonyl (C=O) groups excluding carboxylic acids is 1. The number of aryl methyl sites for hydroxylation is 2. The molecule has 0 fully saturated rings. The third-order valence-corrected chi connectivity index (χ3v) is 6.21. The Labute approximate surface area is 155 Å². The Hall–Kier alpha value is -2.34. The highest BCUT2D eigenvalue weighted by Gasteiger charge is 2.34. The van der Waals surface area contributed by atoms with Crippen molar-refractivity contribution in [3.63, 3.8) is 0 Å². The molecule has 0 bridgehead atoms. The quantitative estimate of drug-likeness (QED) is 0.829. The Morgan fingerprint density at radius 2 is 1.81 bits per heavy atom. The molecular formula is C20H24N2O3S. The normalized spacial score (nSPS) is 14.8. The molecule has 0 unspecified atom stereocenters. The number of amides is 1. The van der Waals surface area contributed by atoms with E-state index >= 15 is 0 Å². The van der Waals surface area contributed by atoms with Crippen LogP contribution in [0.2, 0.25) is 0 Å². The third kappa shape index (κ3) is 3.33. The highest BCUT2D eigenvalue weighted by atomic mass is 32.2. The van der Waals surface area contributed by atoms with Crippen LogP contribution in [-0.4, -0.2) is 33.2 Å². The first-order valence-electron chi connectivity index (χ1n) is 8.66. The van der Waals surface area contributed by atoms with Crippen LogP contribution in [-0.2, 0) is 21.2 Å². The molecule has 5 nitrogen and oxygen atoms in total. The van der Waals surface area contributed by atoms with E-state index in [1.807, 2.05) is 50.2 Å². The summed E-state index contributed by atoms with van der Waals surface area (Å²) in [6.45, 7) is 6.13. The summed E-state index contributed by atoms with van der Waals surface area (Å²) in [5.74, 6) is -0.210. The van der Waals surface area contributed by atoms with Crippen molar-refractivity contribution in [1.82, 2.24) is 0 Å². The largest absolute Gasteiger partial charge is 0.310 e. The molecule has 2 aromatic carbocycles. The Morgan fingerprint density at radius 1 is 1.12 bits per heavy atom. The second-order valence-electron chi connectivity index (χ2n) is 6.87.